The molecule has 3 rings (SSSR count). The van der Waals surface area contributed by atoms with Gasteiger partial charge in [0, 0.05) is 17.7 Å². The van der Waals surface area contributed by atoms with Crippen molar-refractivity contribution in [2.24, 2.45) is 0 Å². The Bertz CT molecular complexity index is 1290. The largest absolute Gasteiger partial charge is 0.493 e. The Morgan fingerprint density at radius 1 is 1.03 bits per heavy atom. The smallest absolute Gasteiger partial charge is 0.313 e. The molecule has 0 amide bonds. The molecule has 0 aromatic heterocycles. The number of para-hydroxylation sites is 1. The van der Waals surface area contributed by atoms with Gasteiger partial charge in [0.15, 0.2) is 0 Å². The molecular formula is C27H29NO6S. The average Bonchev–Trinajstić information content (AvgIpc) is 2.83. The zero-order valence-electron chi connectivity index (χ0n) is 19.6. The van der Waals surface area contributed by atoms with Crippen molar-refractivity contribution in [1.29, 1.82) is 0 Å². The van der Waals surface area contributed by atoms with Gasteiger partial charge in [0.1, 0.15) is 5.75 Å². The van der Waals surface area contributed by atoms with Gasteiger partial charge in [-0.1, -0.05) is 60.7 Å². The van der Waals surface area contributed by atoms with Crippen LogP contribution in [0.4, 0.5) is 5.69 Å². The Hall–Kier alpha value is -3.62. The molecule has 0 heterocycles. The van der Waals surface area contributed by atoms with E-state index in [0.717, 1.165) is 0 Å². The summed E-state index contributed by atoms with van der Waals surface area (Å²) in [7, 11) is -3.70. The zero-order chi connectivity index (χ0) is 25.5. The van der Waals surface area contributed by atoms with E-state index in [1.54, 1.807) is 92.7 Å². The predicted molar refractivity (Wildman–Crippen MR) is 136 cm³/mol. The van der Waals surface area contributed by atoms with Crippen LogP contribution in [0.3, 0.4) is 0 Å². The summed E-state index contributed by atoms with van der Waals surface area (Å²) in [5, 5.41) is 19.8. The van der Waals surface area contributed by atoms with Crippen LogP contribution in [0.2, 0.25) is 0 Å². The third-order valence-electron chi connectivity index (χ3n) is 5.47. The van der Waals surface area contributed by atoms with Crippen molar-refractivity contribution < 1.29 is 28.2 Å². The molecule has 35 heavy (non-hydrogen) atoms. The first kappa shape index (κ1) is 26.0. The minimum Gasteiger partial charge on any atom is -0.493 e. The highest BCUT2D eigenvalue weighted by atomic mass is 32.2. The van der Waals surface area contributed by atoms with Crippen LogP contribution in [0, 0.1) is 0 Å². The maximum Gasteiger partial charge on any atom is 0.313 e. The maximum absolute atomic E-state index is 12.5. The van der Waals surface area contributed by atoms with Crippen molar-refractivity contribution in [2.45, 2.75) is 36.7 Å². The number of anilines is 1. The quantitative estimate of drug-likeness (QED) is 0.356. The van der Waals surface area contributed by atoms with Crippen molar-refractivity contribution in [3.05, 3.63) is 96.1 Å². The van der Waals surface area contributed by atoms with Crippen LogP contribution in [0.15, 0.2) is 89.8 Å². The number of nitrogens with one attached hydrogen (secondary N) is 1. The lowest BCUT2D eigenvalue weighted by atomic mass is 9.84. The molecule has 1 atom stereocenters. The Morgan fingerprint density at radius 2 is 1.71 bits per heavy atom. The van der Waals surface area contributed by atoms with Crippen LogP contribution in [-0.2, 0) is 20.2 Å². The van der Waals surface area contributed by atoms with Crippen LogP contribution in [-0.4, -0.2) is 37.3 Å². The number of carboxylic acid groups (broad SMARTS) is 1. The number of carbonyl (C=O) groups is 1. The molecule has 0 saturated carbocycles. The topological polar surface area (TPSA) is 113 Å². The monoisotopic (exact) mass is 495 g/mol. The van der Waals surface area contributed by atoms with E-state index in [1.165, 1.54) is 12.1 Å². The van der Waals surface area contributed by atoms with Gasteiger partial charge in [-0.15, -0.1) is 0 Å². The van der Waals surface area contributed by atoms with Gasteiger partial charge >= 0.3 is 5.97 Å². The highest BCUT2D eigenvalue weighted by Gasteiger charge is 2.32. The number of carboxylic acids is 1. The molecule has 0 fully saturated rings. The van der Waals surface area contributed by atoms with Gasteiger partial charge in [0.05, 0.1) is 23.0 Å². The second-order valence-corrected chi connectivity index (χ2v) is 10.2. The molecule has 0 radical (unpaired) electrons. The number of sulfonamides is 1. The summed E-state index contributed by atoms with van der Waals surface area (Å²) < 4.78 is 33.4. The lowest BCUT2D eigenvalue weighted by Gasteiger charge is -2.23. The van der Waals surface area contributed by atoms with Gasteiger partial charge in [-0.05, 0) is 49.7 Å². The van der Waals surface area contributed by atoms with E-state index in [0.29, 0.717) is 29.0 Å². The van der Waals surface area contributed by atoms with Gasteiger partial charge in [0.25, 0.3) is 10.0 Å². The normalized spacial score (nSPS) is 12.9. The van der Waals surface area contributed by atoms with Crippen LogP contribution < -0.4 is 9.46 Å². The molecule has 3 aromatic rings. The molecule has 0 unspecified atom stereocenters. The summed E-state index contributed by atoms with van der Waals surface area (Å²) >= 11 is 0. The van der Waals surface area contributed by atoms with Crippen molar-refractivity contribution in [3.63, 3.8) is 0 Å². The Kier molecular flexibility index (Phi) is 8.32. The molecule has 0 saturated heterocycles. The average molecular weight is 496 g/mol. The fourth-order valence-electron chi connectivity index (χ4n) is 3.35. The van der Waals surface area contributed by atoms with Crippen LogP contribution in [0.25, 0.3) is 6.08 Å². The van der Waals surface area contributed by atoms with Gasteiger partial charge in [-0.25, -0.2) is 8.42 Å². The standard InChI is InChI=1S/C27H29NO6S/c1-27(2,26(30)31)24-13-6-7-14-25(24)34-18-17-22(29)16-15-20-9-8-10-21(19-20)28-35(32,33)23-11-4-3-5-12-23/h3-16,19,22,28-29H,17-18H2,1-2H3,(H,30,31)/b16-15+/t22-/m0/s1. The van der Waals surface area contributed by atoms with Crippen molar-refractivity contribution >= 4 is 27.8 Å². The van der Waals surface area contributed by atoms with Crippen LogP contribution >= 0.6 is 0 Å². The fraction of sp³-hybridized carbons (Fsp3) is 0.222. The highest BCUT2D eigenvalue weighted by Crippen LogP contribution is 2.32. The molecule has 0 spiro atoms. The van der Waals surface area contributed by atoms with E-state index in [2.05, 4.69) is 4.72 Å². The predicted octanol–water partition coefficient (Wildman–Crippen LogP) is 4.69. The van der Waals surface area contributed by atoms with E-state index in [9.17, 15) is 23.4 Å². The fourth-order valence-corrected chi connectivity index (χ4v) is 4.42. The minimum atomic E-state index is -3.70. The third-order valence-corrected chi connectivity index (χ3v) is 6.87. The Morgan fingerprint density at radius 3 is 2.43 bits per heavy atom. The van der Waals surface area contributed by atoms with Gasteiger partial charge in [0.2, 0.25) is 0 Å². The number of hydrogen-bond donors (Lipinski definition) is 3. The second kappa shape index (κ2) is 11.2. The van der Waals surface area contributed by atoms with Gasteiger partial charge in [-0.2, -0.15) is 0 Å². The molecule has 3 N–H and O–H groups in total. The number of benzene rings is 3. The summed E-state index contributed by atoms with van der Waals surface area (Å²) in [5.74, 6) is -0.487. The van der Waals surface area contributed by atoms with Gasteiger partial charge < -0.3 is 14.9 Å². The van der Waals surface area contributed by atoms with E-state index >= 15 is 0 Å². The number of aliphatic hydroxyl groups is 1. The van der Waals surface area contributed by atoms with E-state index in [-0.39, 0.29) is 11.5 Å². The third kappa shape index (κ3) is 6.94. The summed E-state index contributed by atoms with van der Waals surface area (Å²) in [6.07, 6.45) is 2.78. The SMILES string of the molecule is CC(C)(C(=O)O)c1ccccc1OCC[C@@H](O)/C=C/c1cccc(NS(=O)(=O)c2ccccc2)c1. The molecule has 0 bridgehead atoms. The van der Waals surface area contributed by atoms with Crippen LogP contribution in [0.5, 0.6) is 5.75 Å². The van der Waals surface area contributed by atoms with Crippen molar-refractivity contribution in [2.75, 3.05) is 11.3 Å². The molecule has 0 aliphatic heterocycles. The summed E-state index contributed by atoms with van der Waals surface area (Å²) in [6, 6.07) is 21.9. The molecule has 0 aliphatic rings. The highest BCUT2D eigenvalue weighted by molar-refractivity contribution is 7.92. The van der Waals surface area contributed by atoms with E-state index in [4.69, 9.17) is 4.74 Å². The lowest BCUT2D eigenvalue weighted by molar-refractivity contribution is -0.142. The molecule has 0 aliphatic carbocycles. The first-order valence-corrected chi connectivity index (χ1v) is 12.6. The summed E-state index contributed by atoms with van der Waals surface area (Å²) in [6.45, 7) is 3.42. The van der Waals surface area contributed by atoms with Crippen molar-refractivity contribution in [1.82, 2.24) is 0 Å². The summed E-state index contributed by atoms with van der Waals surface area (Å²) in [4.78, 5) is 11.8. The zero-order valence-corrected chi connectivity index (χ0v) is 20.4. The van der Waals surface area contributed by atoms with Crippen molar-refractivity contribution in [3.8, 4) is 5.75 Å². The second-order valence-electron chi connectivity index (χ2n) is 8.53. The Labute approximate surface area is 205 Å². The van der Waals surface area contributed by atoms with Crippen LogP contribution in [0.1, 0.15) is 31.4 Å². The van der Waals surface area contributed by atoms with E-state index in [1.807, 2.05) is 0 Å². The molecule has 8 heteroatoms. The first-order valence-electron chi connectivity index (χ1n) is 11.1. The molecule has 184 valence electrons. The minimum absolute atomic E-state index is 0.171. The van der Waals surface area contributed by atoms with E-state index < -0.39 is 27.5 Å². The first-order chi connectivity index (χ1) is 16.6. The number of ether oxygens (including phenoxy) is 1. The summed E-state index contributed by atoms with van der Waals surface area (Å²) in [5.41, 5.74) is 0.577. The number of hydrogen-bond acceptors (Lipinski definition) is 5. The molecule has 7 nitrogen and oxygen atoms in total. The number of aliphatic carboxylic acids is 1. The lowest BCUT2D eigenvalue weighted by Crippen LogP contribution is -2.29. The number of aliphatic hydroxyl groups excluding tert-OH is 1. The molecule has 3 aromatic carbocycles. The number of rotatable bonds is 11. The van der Waals surface area contributed by atoms with Gasteiger partial charge in [-0.3, -0.25) is 9.52 Å². The maximum atomic E-state index is 12.5. The Balaban J connectivity index is 1.59. The molecular weight excluding hydrogens is 466 g/mol.